The third-order valence-electron chi connectivity index (χ3n) is 3.81. The van der Waals surface area contributed by atoms with Crippen LogP contribution in [0.5, 0.6) is 0 Å². The van der Waals surface area contributed by atoms with Crippen LogP contribution in [0.15, 0.2) is 35.3 Å². The summed E-state index contributed by atoms with van der Waals surface area (Å²) in [6, 6.07) is 10.5. The first-order valence-electron chi connectivity index (χ1n) is 7.45. The summed E-state index contributed by atoms with van der Waals surface area (Å²) in [6.45, 7) is 5.44. The molecule has 4 nitrogen and oxygen atoms in total. The highest BCUT2D eigenvalue weighted by Gasteiger charge is 2.34. The number of hydrogen-bond acceptors (Lipinski definition) is 2. The quantitative estimate of drug-likeness (QED) is 0.570. The predicted octanol–water partition coefficient (Wildman–Crippen LogP) is 2.22. The van der Waals surface area contributed by atoms with E-state index in [0.717, 1.165) is 31.8 Å². The molecule has 1 aromatic rings. The summed E-state index contributed by atoms with van der Waals surface area (Å²) in [4.78, 5) is 4.52. The Bertz CT molecular complexity index is 440. The van der Waals surface area contributed by atoms with Crippen LogP contribution in [0.25, 0.3) is 0 Å². The molecule has 1 aromatic carbocycles. The van der Waals surface area contributed by atoms with Crippen molar-refractivity contribution in [2.75, 3.05) is 13.1 Å². The molecule has 0 bridgehead atoms. The molecule has 1 saturated carbocycles. The van der Waals surface area contributed by atoms with Crippen molar-refractivity contribution in [2.45, 2.75) is 44.8 Å². The van der Waals surface area contributed by atoms with Gasteiger partial charge in [-0.15, -0.1) is 0 Å². The van der Waals surface area contributed by atoms with Gasteiger partial charge in [0.25, 0.3) is 0 Å². The first kappa shape index (κ1) is 14.9. The second kappa shape index (κ2) is 6.75. The van der Waals surface area contributed by atoms with Gasteiger partial charge in [-0.25, -0.2) is 0 Å². The van der Waals surface area contributed by atoms with E-state index in [4.69, 9.17) is 0 Å². The van der Waals surface area contributed by atoms with E-state index in [-0.39, 0.29) is 6.04 Å². The van der Waals surface area contributed by atoms with Gasteiger partial charge in [-0.3, -0.25) is 4.99 Å². The SMILES string of the molecule is CCNC(=NCC1(O)CCC1)NC(C)c1ccccc1. The van der Waals surface area contributed by atoms with Crippen LogP contribution < -0.4 is 10.6 Å². The van der Waals surface area contributed by atoms with Gasteiger partial charge < -0.3 is 15.7 Å². The van der Waals surface area contributed by atoms with Gasteiger partial charge in [-0.05, 0) is 38.7 Å². The fourth-order valence-electron chi connectivity index (χ4n) is 2.32. The summed E-state index contributed by atoms with van der Waals surface area (Å²) in [7, 11) is 0. The number of benzene rings is 1. The summed E-state index contributed by atoms with van der Waals surface area (Å²) in [5.74, 6) is 0.768. The fourth-order valence-corrected chi connectivity index (χ4v) is 2.32. The van der Waals surface area contributed by atoms with Crippen LogP contribution in [0.2, 0.25) is 0 Å². The Labute approximate surface area is 121 Å². The first-order valence-corrected chi connectivity index (χ1v) is 7.45. The van der Waals surface area contributed by atoms with Crippen molar-refractivity contribution in [3.8, 4) is 0 Å². The van der Waals surface area contributed by atoms with Crippen molar-refractivity contribution < 1.29 is 5.11 Å². The number of aliphatic hydroxyl groups is 1. The molecule has 0 saturated heterocycles. The molecule has 0 radical (unpaired) electrons. The number of hydrogen-bond donors (Lipinski definition) is 3. The van der Waals surface area contributed by atoms with Gasteiger partial charge in [-0.1, -0.05) is 30.3 Å². The zero-order valence-electron chi connectivity index (χ0n) is 12.4. The van der Waals surface area contributed by atoms with Gasteiger partial charge >= 0.3 is 0 Å². The van der Waals surface area contributed by atoms with E-state index in [9.17, 15) is 5.11 Å². The summed E-state index contributed by atoms with van der Waals surface area (Å²) < 4.78 is 0. The maximum atomic E-state index is 10.1. The van der Waals surface area contributed by atoms with Gasteiger partial charge in [0, 0.05) is 6.54 Å². The van der Waals surface area contributed by atoms with E-state index in [1.54, 1.807) is 0 Å². The first-order chi connectivity index (χ1) is 9.63. The van der Waals surface area contributed by atoms with Crippen molar-refractivity contribution in [1.29, 1.82) is 0 Å². The molecule has 3 N–H and O–H groups in total. The van der Waals surface area contributed by atoms with E-state index in [0.29, 0.717) is 6.54 Å². The number of nitrogens with one attached hydrogen (secondary N) is 2. The molecular formula is C16H25N3O. The zero-order chi connectivity index (χ0) is 14.4. The minimum absolute atomic E-state index is 0.185. The Morgan fingerprint density at radius 2 is 2.05 bits per heavy atom. The molecular weight excluding hydrogens is 250 g/mol. The standard InChI is InChI=1S/C16H25N3O/c1-3-17-15(18-12-16(20)10-7-11-16)19-13(2)14-8-5-4-6-9-14/h4-6,8-9,13,20H,3,7,10-12H2,1-2H3,(H2,17,18,19). The molecule has 110 valence electrons. The smallest absolute Gasteiger partial charge is 0.191 e. The molecule has 1 atom stereocenters. The Balaban J connectivity index is 1.96. The van der Waals surface area contributed by atoms with Crippen molar-refractivity contribution in [2.24, 2.45) is 4.99 Å². The van der Waals surface area contributed by atoms with Crippen molar-refractivity contribution in [3.05, 3.63) is 35.9 Å². The molecule has 0 spiro atoms. The van der Waals surface area contributed by atoms with Crippen LogP contribution in [0.1, 0.15) is 44.7 Å². The lowest BCUT2D eigenvalue weighted by molar-refractivity contribution is -0.0236. The number of guanidine groups is 1. The molecule has 0 amide bonds. The summed E-state index contributed by atoms with van der Waals surface area (Å²) in [6.07, 6.45) is 2.84. The van der Waals surface area contributed by atoms with Crippen LogP contribution in [0.4, 0.5) is 0 Å². The predicted molar refractivity (Wildman–Crippen MR) is 82.8 cm³/mol. The van der Waals surface area contributed by atoms with Crippen molar-refractivity contribution in [1.82, 2.24) is 10.6 Å². The molecule has 4 heteroatoms. The monoisotopic (exact) mass is 275 g/mol. The maximum Gasteiger partial charge on any atom is 0.191 e. The second-order valence-corrected chi connectivity index (χ2v) is 5.55. The van der Waals surface area contributed by atoms with Crippen molar-refractivity contribution in [3.63, 3.8) is 0 Å². The minimum atomic E-state index is -0.571. The highest BCUT2D eigenvalue weighted by atomic mass is 16.3. The lowest BCUT2D eigenvalue weighted by Gasteiger charge is -2.35. The summed E-state index contributed by atoms with van der Waals surface area (Å²) in [5, 5.41) is 16.7. The second-order valence-electron chi connectivity index (χ2n) is 5.55. The molecule has 0 aliphatic heterocycles. The van der Waals surface area contributed by atoms with E-state index in [1.807, 2.05) is 25.1 Å². The lowest BCUT2D eigenvalue weighted by Crippen LogP contribution is -2.43. The molecule has 20 heavy (non-hydrogen) atoms. The third kappa shape index (κ3) is 3.97. The Morgan fingerprint density at radius 1 is 1.35 bits per heavy atom. The van der Waals surface area contributed by atoms with Crippen molar-refractivity contribution >= 4 is 5.96 Å². The molecule has 0 heterocycles. The van der Waals surface area contributed by atoms with E-state index in [1.165, 1.54) is 5.56 Å². The van der Waals surface area contributed by atoms with Crippen LogP contribution in [-0.4, -0.2) is 29.8 Å². The van der Waals surface area contributed by atoms with Crippen LogP contribution in [-0.2, 0) is 0 Å². The molecule has 0 aromatic heterocycles. The van der Waals surface area contributed by atoms with Gasteiger partial charge in [0.15, 0.2) is 5.96 Å². The van der Waals surface area contributed by atoms with Gasteiger partial charge in [0.1, 0.15) is 0 Å². The molecule has 1 aliphatic carbocycles. The summed E-state index contributed by atoms with van der Waals surface area (Å²) >= 11 is 0. The Kier molecular flexibility index (Phi) is 5.01. The highest BCUT2D eigenvalue weighted by Crippen LogP contribution is 2.31. The zero-order valence-corrected chi connectivity index (χ0v) is 12.4. The lowest BCUT2D eigenvalue weighted by atomic mass is 9.80. The molecule has 1 fully saturated rings. The summed E-state index contributed by atoms with van der Waals surface area (Å²) in [5.41, 5.74) is 0.652. The fraction of sp³-hybridized carbons (Fsp3) is 0.562. The van der Waals surface area contributed by atoms with Gasteiger partial charge in [0.2, 0.25) is 0 Å². The Hall–Kier alpha value is -1.55. The number of nitrogens with zero attached hydrogens (tertiary/aromatic N) is 1. The van der Waals surface area contributed by atoms with Gasteiger partial charge in [-0.2, -0.15) is 0 Å². The average molecular weight is 275 g/mol. The molecule has 1 aliphatic rings. The maximum absolute atomic E-state index is 10.1. The topological polar surface area (TPSA) is 56.7 Å². The normalized spacial score (nSPS) is 19.1. The largest absolute Gasteiger partial charge is 0.388 e. The van der Waals surface area contributed by atoms with E-state index >= 15 is 0 Å². The van der Waals surface area contributed by atoms with Crippen LogP contribution in [0.3, 0.4) is 0 Å². The van der Waals surface area contributed by atoms with Gasteiger partial charge in [0.05, 0.1) is 18.2 Å². The van der Waals surface area contributed by atoms with E-state index in [2.05, 4.69) is 34.7 Å². The van der Waals surface area contributed by atoms with Crippen LogP contribution in [0, 0.1) is 0 Å². The number of rotatable bonds is 5. The van der Waals surface area contributed by atoms with Crippen LogP contribution >= 0.6 is 0 Å². The minimum Gasteiger partial charge on any atom is -0.388 e. The number of aliphatic imine (C=N–C) groups is 1. The van der Waals surface area contributed by atoms with E-state index < -0.39 is 5.60 Å². The average Bonchev–Trinajstić information content (AvgIpc) is 2.44. The molecule has 1 unspecified atom stereocenters. The molecule has 2 rings (SSSR count). The highest BCUT2D eigenvalue weighted by molar-refractivity contribution is 5.80. The Morgan fingerprint density at radius 3 is 2.60 bits per heavy atom. The third-order valence-corrected chi connectivity index (χ3v) is 3.81.